The number of rotatable bonds is 5. The van der Waals surface area contributed by atoms with Crippen LogP contribution in [0.15, 0.2) is 11.5 Å². The van der Waals surface area contributed by atoms with Crippen molar-refractivity contribution in [1.82, 2.24) is 0 Å². The molecule has 0 saturated carbocycles. The monoisotopic (exact) mass is 354 g/mol. The molecule has 0 unspecified atom stereocenters. The minimum atomic E-state index is -3.40. The molecule has 0 aromatic rings. The van der Waals surface area contributed by atoms with E-state index in [9.17, 15) is 18.0 Å². The van der Waals surface area contributed by atoms with Crippen LogP contribution in [-0.2, 0) is 28.9 Å². The zero-order valence-corrected chi connectivity index (χ0v) is 13.0. The average molecular weight is 355 g/mol. The third-order valence-electron chi connectivity index (χ3n) is 2.59. The largest absolute Gasteiger partial charge is 0.464 e. The van der Waals surface area contributed by atoms with Gasteiger partial charge in [0.2, 0.25) is 4.32 Å². The van der Waals surface area contributed by atoms with Crippen LogP contribution in [0.1, 0.15) is 13.8 Å². The van der Waals surface area contributed by atoms with E-state index >= 15 is 0 Å². The van der Waals surface area contributed by atoms with E-state index < -0.39 is 32.0 Å². The second-order valence-corrected chi connectivity index (χ2v) is 7.10. The fraction of sp³-hybridized carbons (Fsp3) is 0.636. The van der Waals surface area contributed by atoms with Gasteiger partial charge in [-0.05, 0) is 13.8 Å². The number of ether oxygens (including phenoxy) is 2. The smallest absolute Gasteiger partial charge is 0.335 e. The van der Waals surface area contributed by atoms with Gasteiger partial charge in [-0.25, -0.2) is 18.0 Å². The molecule has 1 aliphatic rings. The summed E-state index contributed by atoms with van der Waals surface area (Å²) < 4.78 is 30.7. The van der Waals surface area contributed by atoms with Crippen LogP contribution in [-0.4, -0.2) is 43.6 Å². The summed E-state index contributed by atoms with van der Waals surface area (Å²) in [6, 6.07) is 0. The van der Waals surface area contributed by atoms with E-state index in [0.29, 0.717) is 0 Å². The quantitative estimate of drug-likeness (QED) is 0.412. The minimum absolute atomic E-state index is 0.0781. The molecule has 8 heteroatoms. The van der Waals surface area contributed by atoms with E-state index in [4.69, 9.17) is 9.47 Å². The molecule has 0 spiro atoms. The third kappa shape index (κ3) is 3.36. The van der Waals surface area contributed by atoms with Crippen molar-refractivity contribution in [3.8, 4) is 0 Å². The van der Waals surface area contributed by atoms with Gasteiger partial charge in [0, 0.05) is 11.3 Å². The van der Waals surface area contributed by atoms with Crippen molar-refractivity contribution in [2.45, 2.75) is 18.2 Å². The van der Waals surface area contributed by atoms with E-state index in [1.165, 1.54) is 6.08 Å². The zero-order valence-electron chi connectivity index (χ0n) is 10.6. The number of halogens is 1. The second-order valence-electron chi connectivity index (χ2n) is 3.92. The molecule has 0 N–H and O–H groups in total. The average Bonchev–Trinajstić information content (AvgIpc) is 2.69. The first-order valence-corrected chi connectivity index (χ1v) is 8.23. The lowest BCUT2D eigenvalue weighted by atomic mass is 9.94. The molecule has 6 nitrogen and oxygen atoms in total. The molecular formula is C11H15BrO6S. The maximum atomic E-state index is 12.0. The Bertz CT molecular complexity index is 477. The molecule has 0 bridgehead atoms. The fourth-order valence-corrected chi connectivity index (χ4v) is 3.84. The Hall–Kier alpha value is -0.890. The van der Waals surface area contributed by atoms with Crippen molar-refractivity contribution in [1.29, 1.82) is 0 Å². The lowest BCUT2D eigenvalue weighted by molar-refractivity contribution is -0.159. The molecule has 0 aromatic heterocycles. The van der Waals surface area contributed by atoms with Gasteiger partial charge in [0.15, 0.2) is 9.84 Å². The number of esters is 2. The number of alkyl halides is 1. The Morgan fingerprint density at radius 2 is 1.74 bits per heavy atom. The first-order valence-electron chi connectivity index (χ1n) is 5.72. The number of hydrogen-bond donors (Lipinski definition) is 0. The van der Waals surface area contributed by atoms with Gasteiger partial charge in [-0.2, -0.15) is 0 Å². The van der Waals surface area contributed by atoms with Crippen LogP contribution in [0.5, 0.6) is 0 Å². The molecular weight excluding hydrogens is 340 g/mol. The number of sulfone groups is 1. The Balaban J connectivity index is 3.10. The van der Waals surface area contributed by atoms with E-state index in [2.05, 4.69) is 15.9 Å². The summed E-state index contributed by atoms with van der Waals surface area (Å²) in [6.45, 7) is 3.35. The van der Waals surface area contributed by atoms with Crippen molar-refractivity contribution in [3.05, 3.63) is 11.5 Å². The van der Waals surface area contributed by atoms with Crippen LogP contribution in [0.4, 0.5) is 0 Å². The second kappa shape index (κ2) is 6.04. The number of hydrogen-bond acceptors (Lipinski definition) is 6. The maximum absolute atomic E-state index is 12.0. The molecule has 1 rings (SSSR count). The Labute approximate surface area is 120 Å². The topological polar surface area (TPSA) is 86.7 Å². The van der Waals surface area contributed by atoms with Gasteiger partial charge < -0.3 is 9.47 Å². The summed E-state index contributed by atoms with van der Waals surface area (Å²) >= 11 is 3.03. The van der Waals surface area contributed by atoms with Gasteiger partial charge in [-0.3, -0.25) is 0 Å². The van der Waals surface area contributed by atoms with Crippen molar-refractivity contribution in [2.75, 3.05) is 19.0 Å². The molecule has 0 radical (unpaired) electrons. The van der Waals surface area contributed by atoms with Gasteiger partial charge in [-0.1, -0.05) is 22.0 Å². The van der Waals surface area contributed by atoms with Crippen LogP contribution in [0.2, 0.25) is 0 Å². The molecule has 1 aliphatic heterocycles. The Morgan fingerprint density at radius 1 is 1.26 bits per heavy atom. The van der Waals surface area contributed by atoms with Gasteiger partial charge in [0.1, 0.15) is 0 Å². The SMILES string of the molecule is CCOC(=O)C(Br)(C(=O)OCC)[C@@H]1C=CS(=O)(=O)C1. The molecule has 0 amide bonds. The van der Waals surface area contributed by atoms with Gasteiger partial charge in [-0.15, -0.1) is 0 Å². The summed E-state index contributed by atoms with van der Waals surface area (Å²) in [6.07, 6.45) is 1.30. The van der Waals surface area contributed by atoms with Crippen LogP contribution >= 0.6 is 15.9 Å². The molecule has 0 fully saturated rings. The Kier molecular flexibility index (Phi) is 5.14. The maximum Gasteiger partial charge on any atom is 0.335 e. The first-order chi connectivity index (χ1) is 8.78. The zero-order chi connectivity index (χ0) is 14.7. The van der Waals surface area contributed by atoms with Crippen molar-refractivity contribution in [2.24, 2.45) is 5.92 Å². The summed E-state index contributed by atoms with van der Waals surface area (Å²) in [4.78, 5) is 24.0. The third-order valence-corrected chi connectivity index (χ3v) is 5.22. The van der Waals surface area contributed by atoms with Gasteiger partial charge >= 0.3 is 11.9 Å². The van der Waals surface area contributed by atoms with E-state index in [0.717, 1.165) is 5.41 Å². The van der Waals surface area contributed by atoms with E-state index in [1.807, 2.05) is 0 Å². The summed E-state index contributed by atoms with van der Waals surface area (Å²) in [5.41, 5.74) is 0. The van der Waals surface area contributed by atoms with E-state index in [1.54, 1.807) is 13.8 Å². The molecule has 0 aliphatic carbocycles. The summed E-state index contributed by atoms with van der Waals surface area (Å²) in [7, 11) is -3.40. The minimum Gasteiger partial charge on any atom is -0.464 e. The predicted molar refractivity (Wildman–Crippen MR) is 71.3 cm³/mol. The highest BCUT2D eigenvalue weighted by Gasteiger charge is 2.54. The summed E-state index contributed by atoms with van der Waals surface area (Å²) in [5, 5.41) is 0.992. The number of carbonyl (C=O) groups excluding carboxylic acids is 2. The van der Waals surface area contributed by atoms with E-state index in [-0.39, 0.29) is 19.0 Å². The molecule has 108 valence electrons. The lowest BCUT2D eigenvalue weighted by Gasteiger charge is -2.27. The van der Waals surface area contributed by atoms with Crippen LogP contribution < -0.4 is 0 Å². The molecule has 0 aromatic carbocycles. The molecule has 1 atom stereocenters. The van der Waals surface area contributed by atoms with Crippen LogP contribution in [0, 0.1) is 5.92 Å². The highest BCUT2D eigenvalue weighted by molar-refractivity contribution is 9.10. The molecule has 1 heterocycles. The predicted octanol–water partition coefficient (Wildman–Crippen LogP) is 0.805. The van der Waals surface area contributed by atoms with Crippen molar-refractivity contribution < 1.29 is 27.5 Å². The first kappa shape index (κ1) is 16.2. The van der Waals surface area contributed by atoms with Crippen LogP contribution in [0.3, 0.4) is 0 Å². The van der Waals surface area contributed by atoms with Crippen molar-refractivity contribution in [3.63, 3.8) is 0 Å². The standard InChI is InChI=1S/C11H15BrO6S/c1-3-17-9(13)11(12,10(14)18-4-2)8-5-6-19(15,16)7-8/h5-6,8H,3-4,7H2,1-2H3/t8-/m1/s1. The highest BCUT2D eigenvalue weighted by atomic mass is 79.9. The van der Waals surface area contributed by atoms with Crippen LogP contribution in [0.25, 0.3) is 0 Å². The lowest BCUT2D eigenvalue weighted by Crippen LogP contribution is -2.49. The van der Waals surface area contributed by atoms with Gasteiger partial charge in [0.05, 0.1) is 19.0 Å². The normalized spacial score (nSPS) is 21.1. The summed E-state index contributed by atoms with van der Waals surface area (Å²) in [5.74, 6) is -2.88. The molecule has 0 saturated heterocycles. The Morgan fingerprint density at radius 3 is 2.05 bits per heavy atom. The fourth-order valence-electron chi connectivity index (χ4n) is 1.68. The number of carbonyl (C=O) groups is 2. The van der Waals surface area contributed by atoms with Crippen molar-refractivity contribution >= 4 is 37.7 Å². The highest BCUT2D eigenvalue weighted by Crippen LogP contribution is 2.36. The number of allylic oxidation sites excluding steroid dienone is 1. The van der Waals surface area contributed by atoms with Gasteiger partial charge in [0.25, 0.3) is 0 Å². The molecule has 19 heavy (non-hydrogen) atoms.